The standard InChI is InChI=1S/C18H12O4/c19-15-7-8-16-13(10-15)5-6-14(17(16)20)9-11-1-3-12(4-2-11)18(21)22/h1-10,19H,(H,21,22)/b14-9+. The third-order valence-electron chi connectivity index (χ3n) is 3.46. The average molecular weight is 292 g/mol. The molecule has 2 N–H and O–H groups in total. The Morgan fingerprint density at radius 3 is 2.41 bits per heavy atom. The smallest absolute Gasteiger partial charge is 0.335 e. The molecule has 2 aromatic rings. The molecule has 22 heavy (non-hydrogen) atoms. The number of Topliss-reactive ketones (excluding diaryl/α,β-unsaturated/α-hetero) is 1. The first-order valence-corrected chi connectivity index (χ1v) is 6.65. The second kappa shape index (κ2) is 5.33. The van der Waals surface area contributed by atoms with Crippen LogP contribution in [0.1, 0.15) is 31.8 Å². The number of phenolic OH excluding ortho intramolecular Hbond substituents is 1. The zero-order valence-electron chi connectivity index (χ0n) is 11.5. The Morgan fingerprint density at radius 2 is 1.73 bits per heavy atom. The third-order valence-corrected chi connectivity index (χ3v) is 3.46. The molecular weight excluding hydrogens is 280 g/mol. The van der Waals surface area contributed by atoms with E-state index in [2.05, 4.69) is 0 Å². The van der Waals surface area contributed by atoms with E-state index in [1.807, 2.05) is 0 Å². The average Bonchev–Trinajstić information content (AvgIpc) is 2.50. The molecule has 0 spiro atoms. The Bertz CT molecular complexity index is 827. The zero-order valence-corrected chi connectivity index (χ0v) is 11.5. The Labute approximate surface area is 126 Å². The summed E-state index contributed by atoms with van der Waals surface area (Å²) < 4.78 is 0. The van der Waals surface area contributed by atoms with Crippen LogP contribution in [0.25, 0.3) is 12.2 Å². The number of rotatable bonds is 2. The highest BCUT2D eigenvalue weighted by Crippen LogP contribution is 2.27. The first kappa shape index (κ1) is 13.8. The quantitative estimate of drug-likeness (QED) is 0.832. The molecule has 4 heteroatoms. The van der Waals surface area contributed by atoms with Crippen LogP contribution in [0.4, 0.5) is 0 Å². The summed E-state index contributed by atoms with van der Waals surface area (Å²) in [5.41, 5.74) is 2.69. The Morgan fingerprint density at radius 1 is 1.00 bits per heavy atom. The minimum Gasteiger partial charge on any atom is -0.508 e. The lowest BCUT2D eigenvalue weighted by molar-refractivity contribution is 0.0696. The van der Waals surface area contributed by atoms with Gasteiger partial charge in [-0.25, -0.2) is 4.79 Å². The number of aromatic carboxylic acids is 1. The van der Waals surface area contributed by atoms with Crippen LogP contribution in [0.2, 0.25) is 0 Å². The van der Waals surface area contributed by atoms with Crippen molar-refractivity contribution in [3.05, 3.63) is 76.4 Å². The van der Waals surface area contributed by atoms with Gasteiger partial charge >= 0.3 is 5.97 Å². The molecule has 108 valence electrons. The van der Waals surface area contributed by atoms with E-state index in [1.54, 1.807) is 42.5 Å². The van der Waals surface area contributed by atoms with Gasteiger partial charge < -0.3 is 10.2 Å². The summed E-state index contributed by atoms with van der Waals surface area (Å²) in [5.74, 6) is -0.991. The van der Waals surface area contributed by atoms with E-state index < -0.39 is 5.97 Å². The molecule has 0 aliphatic heterocycles. The van der Waals surface area contributed by atoms with E-state index in [0.29, 0.717) is 16.7 Å². The molecule has 0 atom stereocenters. The lowest BCUT2D eigenvalue weighted by Crippen LogP contribution is -2.07. The van der Waals surface area contributed by atoms with Gasteiger partial charge in [0.2, 0.25) is 0 Å². The van der Waals surface area contributed by atoms with Gasteiger partial charge in [0.15, 0.2) is 5.78 Å². The van der Waals surface area contributed by atoms with Gasteiger partial charge in [-0.15, -0.1) is 0 Å². The summed E-state index contributed by atoms with van der Waals surface area (Å²) in [4.78, 5) is 23.2. The number of benzene rings is 2. The van der Waals surface area contributed by atoms with Crippen molar-refractivity contribution in [2.24, 2.45) is 0 Å². The molecule has 0 fully saturated rings. The van der Waals surface area contributed by atoms with Gasteiger partial charge in [-0.3, -0.25) is 4.79 Å². The summed E-state index contributed by atoms with van der Waals surface area (Å²) in [7, 11) is 0. The molecule has 4 nitrogen and oxygen atoms in total. The van der Waals surface area contributed by atoms with E-state index in [-0.39, 0.29) is 17.1 Å². The number of fused-ring (bicyclic) bond motifs is 1. The molecule has 1 aliphatic rings. The lowest BCUT2D eigenvalue weighted by atomic mass is 9.91. The minimum atomic E-state index is -0.985. The van der Waals surface area contributed by atoms with Gasteiger partial charge in [-0.05, 0) is 47.5 Å². The second-order valence-corrected chi connectivity index (χ2v) is 4.96. The van der Waals surface area contributed by atoms with E-state index in [4.69, 9.17) is 5.11 Å². The van der Waals surface area contributed by atoms with E-state index in [1.165, 1.54) is 18.2 Å². The number of hydrogen-bond donors (Lipinski definition) is 2. The van der Waals surface area contributed by atoms with Crippen LogP contribution in [-0.4, -0.2) is 22.0 Å². The molecule has 0 saturated carbocycles. The topological polar surface area (TPSA) is 74.6 Å². The maximum Gasteiger partial charge on any atom is 0.335 e. The molecule has 0 saturated heterocycles. The van der Waals surface area contributed by atoms with Crippen LogP contribution >= 0.6 is 0 Å². The highest BCUT2D eigenvalue weighted by molar-refractivity contribution is 6.17. The fraction of sp³-hybridized carbons (Fsp3) is 0. The summed E-state index contributed by atoms with van der Waals surface area (Å²) in [5, 5.41) is 18.3. The van der Waals surface area contributed by atoms with E-state index >= 15 is 0 Å². The van der Waals surface area contributed by atoms with Crippen molar-refractivity contribution in [1.82, 2.24) is 0 Å². The summed E-state index contributed by atoms with van der Waals surface area (Å²) >= 11 is 0. The number of allylic oxidation sites excluding steroid dienone is 2. The van der Waals surface area contributed by atoms with Crippen molar-refractivity contribution in [2.75, 3.05) is 0 Å². The van der Waals surface area contributed by atoms with Gasteiger partial charge in [-0.2, -0.15) is 0 Å². The molecular formula is C18H12O4. The van der Waals surface area contributed by atoms with E-state index in [9.17, 15) is 14.7 Å². The maximum absolute atomic E-state index is 12.4. The van der Waals surface area contributed by atoms with E-state index in [0.717, 1.165) is 5.56 Å². The van der Waals surface area contributed by atoms with Crippen LogP contribution in [0.15, 0.2) is 54.1 Å². The lowest BCUT2D eigenvalue weighted by Gasteiger charge is -2.12. The fourth-order valence-electron chi connectivity index (χ4n) is 2.32. The van der Waals surface area contributed by atoms with Crippen LogP contribution in [0, 0.1) is 0 Å². The number of carboxylic acids is 1. The highest BCUT2D eigenvalue weighted by Gasteiger charge is 2.18. The number of aromatic hydroxyl groups is 1. The summed E-state index contributed by atoms with van der Waals surface area (Å²) in [6.07, 6.45) is 5.17. The predicted molar refractivity (Wildman–Crippen MR) is 82.8 cm³/mol. The van der Waals surface area contributed by atoms with Gasteiger partial charge in [0.25, 0.3) is 0 Å². The van der Waals surface area contributed by atoms with Crippen molar-refractivity contribution < 1.29 is 19.8 Å². The normalized spacial score (nSPS) is 14.9. The third kappa shape index (κ3) is 2.54. The van der Waals surface area contributed by atoms with Crippen molar-refractivity contribution in [3.63, 3.8) is 0 Å². The molecule has 0 aromatic heterocycles. The number of phenols is 1. The highest BCUT2D eigenvalue weighted by atomic mass is 16.4. The first-order valence-electron chi connectivity index (χ1n) is 6.65. The monoisotopic (exact) mass is 292 g/mol. The van der Waals surface area contributed by atoms with Crippen LogP contribution in [-0.2, 0) is 0 Å². The molecule has 0 radical (unpaired) electrons. The minimum absolute atomic E-state index is 0.118. The number of carbonyl (C=O) groups excluding carboxylic acids is 1. The predicted octanol–water partition coefficient (Wildman–Crippen LogP) is 3.38. The van der Waals surface area contributed by atoms with Gasteiger partial charge in [0.1, 0.15) is 5.75 Å². The Kier molecular flexibility index (Phi) is 3.35. The van der Waals surface area contributed by atoms with Crippen molar-refractivity contribution in [1.29, 1.82) is 0 Å². The maximum atomic E-state index is 12.4. The molecule has 2 aromatic carbocycles. The van der Waals surface area contributed by atoms with Gasteiger partial charge in [0, 0.05) is 11.1 Å². The number of hydrogen-bond acceptors (Lipinski definition) is 3. The molecule has 0 bridgehead atoms. The van der Waals surface area contributed by atoms with Gasteiger partial charge in [-0.1, -0.05) is 24.3 Å². The Balaban J connectivity index is 1.95. The van der Waals surface area contributed by atoms with Gasteiger partial charge in [0.05, 0.1) is 5.56 Å². The van der Waals surface area contributed by atoms with Crippen LogP contribution < -0.4 is 0 Å². The number of carbonyl (C=O) groups is 2. The summed E-state index contributed by atoms with van der Waals surface area (Å²) in [6.45, 7) is 0. The second-order valence-electron chi connectivity index (χ2n) is 4.96. The fourth-order valence-corrected chi connectivity index (χ4v) is 2.32. The molecule has 0 heterocycles. The molecule has 0 amide bonds. The van der Waals surface area contributed by atoms with Crippen molar-refractivity contribution >= 4 is 23.9 Å². The number of carboxylic acid groups (broad SMARTS) is 1. The SMILES string of the molecule is O=C(O)c1ccc(/C=C2\C=Cc3cc(O)ccc3C2=O)cc1. The van der Waals surface area contributed by atoms with Crippen LogP contribution in [0.5, 0.6) is 5.75 Å². The molecule has 0 unspecified atom stereocenters. The first-order chi connectivity index (χ1) is 10.5. The summed E-state index contributed by atoms with van der Waals surface area (Å²) in [6, 6.07) is 10.9. The molecule has 1 aliphatic carbocycles. The molecule has 3 rings (SSSR count). The largest absolute Gasteiger partial charge is 0.508 e. The van der Waals surface area contributed by atoms with Crippen molar-refractivity contribution in [2.45, 2.75) is 0 Å². The number of ketones is 1. The van der Waals surface area contributed by atoms with Crippen molar-refractivity contribution in [3.8, 4) is 5.75 Å². The zero-order chi connectivity index (χ0) is 15.7. The Hall–Kier alpha value is -3.14. The van der Waals surface area contributed by atoms with Crippen LogP contribution in [0.3, 0.4) is 0 Å².